The number of benzene rings is 1. The summed E-state index contributed by atoms with van der Waals surface area (Å²) in [6, 6.07) is 6.00. The van der Waals surface area contributed by atoms with Gasteiger partial charge in [0, 0.05) is 18.7 Å². The molecule has 1 aromatic rings. The van der Waals surface area contributed by atoms with E-state index in [0.29, 0.717) is 6.61 Å². The second kappa shape index (κ2) is 5.85. The van der Waals surface area contributed by atoms with Crippen molar-refractivity contribution in [2.24, 2.45) is 0 Å². The SMILES string of the molecule is Cc1ccc(C)c(C(=O)C(C)N2CCOC(C)C2)c1. The molecule has 0 N–H and O–H groups in total. The van der Waals surface area contributed by atoms with Crippen molar-refractivity contribution in [3.63, 3.8) is 0 Å². The van der Waals surface area contributed by atoms with Crippen LogP contribution in [0.3, 0.4) is 0 Å². The van der Waals surface area contributed by atoms with Gasteiger partial charge in [-0.15, -0.1) is 0 Å². The van der Waals surface area contributed by atoms with Gasteiger partial charge in [-0.25, -0.2) is 0 Å². The summed E-state index contributed by atoms with van der Waals surface area (Å²) in [6.45, 7) is 10.5. The average Bonchev–Trinajstić information content (AvgIpc) is 2.40. The third-order valence-electron chi connectivity index (χ3n) is 3.86. The molecule has 1 heterocycles. The number of ether oxygens (including phenoxy) is 1. The van der Waals surface area contributed by atoms with Gasteiger partial charge >= 0.3 is 0 Å². The Morgan fingerprint density at radius 1 is 1.42 bits per heavy atom. The van der Waals surface area contributed by atoms with Crippen molar-refractivity contribution in [1.82, 2.24) is 4.90 Å². The highest BCUT2D eigenvalue weighted by molar-refractivity contribution is 6.01. The van der Waals surface area contributed by atoms with Gasteiger partial charge in [0.15, 0.2) is 5.78 Å². The molecule has 0 spiro atoms. The van der Waals surface area contributed by atoms with E-state index in [2.05, 4.69) is 11.8 Å². The molecule has 0 aromatic heterocycles. The Hall–Kier alpha value is -1.19. The van der Waals surface area contributed by atoms with E-state index in [-0.39, 0.29) is 17.9 Å². The van der Waals surface area contributed by atoms with Gasteiger partial charge in [-0.3, -0.25) is 9.69 Å². The minimum Gasteiger partial charge on any atom is -0.376 e. The van der Waals surface area contributed by atoms with Crippen LogP contribution in [-0.2, 0) is 4.74 Å². The molecule has 3 nitrogen and oxygen atoms in total. The highest BCUT2D eigenvalue weighted by Gasteiger charge is 2.27. The van der Waals surface area contributed by atoms with Crippen molar-refractivity contribution in [2.45, 2.75) is 39.8 Å². The second-order valence-corrected chi connectivity index (χ2v) is 5.53. The fourth-order valence-corrected chi connectivity index (χ4v) is 2.59. The maximum absolute atomic E-state index is 12.6. The molecule has 1 saturated heterocycles. The van der Waals surface area contributed by atoms with Crippen LogP contribution in [0.25, 0.3) is 0 Å². The third-order valence-corrected chi connectivity index (χ3v) is 3.86. The van der Waals surface area contributed by atoms with E-state index < -0.39 is 0 Å². The zero-order valence-electron chi connectivity index (χ0n) is 12.3. The molecular formula is C16H23NO2. The quantitative estimate of drug-likeness (QED) is 0.783. The summed E-state index contributed by atoms with van der Waals surface area (Å²) < 4.78 is 5.53. The number of morpholine rings is 1. The number of Topliss-reactive ketones (excluding diaryl/α,β-unsaturated/α-hetero) is 1. The molecule has 104 valence electrons. The monoisotopic (exact) mass is 261 g/mol. The van der Waals surface area contributed by atoms with Gasteiger partial charge in [-0.2, -0.15) is 0 Å². The van der Waals surface area contributed by atoms with Crippen LogP contribution in [0.15, 0.2) is 18.2 Å². The molecule has 2 atom stereocenters. The highest BCUT2D eigenvalue weighted by Crippen LogP contribution is 2.17. The summed E-state index contributed by atoms with van der Waals surface area (Å²) >= 11 is 0. The molecule has 0 amide bonds. The van der Waals surface area contributed by atoms with Crippen LogP contribution >= 0.6 is 0 Å². The molecule has 1 aliphatic rings. The maximum atomic E-state index is 12.6. The van der Waals surface area contributed by atoms with Gasteiger partial charge < -0.3 is 4.74 Å². The van der Waals surface area contributed by atoms with Gasteiger partial charge in [0.05, 0.1) is 18.8 Å². The van der Waals surface area contributed by atoms with Gasteiger partial charge in [0.2, 0.25) is 0 Å². The van der Waals surface area contributed by atoms with Crippen molar-refractivity contribution >= 4 is 5.78 Å². The van der Waals surface area contributed by atoms with Crippen molar-refractivity contribution in [2.75, 3.05) is 19.7 Å². The summed E-state index contributed by atoms with van der Waals surface area (Å²) in [7, 11) is 0. The van der Waals surface area contributed by atoms with E-state index in [1.54, 1.807) is 0 Å². The number of nitrogens with zero attached hydrogens (tertiary/aromatic N) is 1. The van der Waals surface area contributed by atoms with Crippen LogP contribution in [-0.4, -0.2) is 42.5 Å². The maximum Gasteiger partial charge on any atom is 0.179 e. The van der Waals surface area contributed by atoms with E-state index in [9.17, 15) is 4.79 Å². The Labute approximate surface area is 115 Å². The van der Waals surface area contributed by atoms with Crippen molar-refractivity contribution in [1.29, 1.82) is 0 Å². The Bertz CT molecular complexity index is 470. The predicted molar refractivity (Wildman–Crippen MR) is 76.7 cm³/mol. The number of hydrogen-bond acceptors (Lipinski definition) is 3. The Kier molecular flexibility index (Phi) is 4.38. The lowest BCUT2D eigenvalue weighted by atomic mass is 9.97. The highest BCUT2D eigenvalue weighted by atomic mass is 16.5. The zero-order valence-corrected chi connectivity index (χ0v) is 12.3. The summed E-state index contributed by atoms with van der Waals surface area (Å²) in [6.07, 6.45) is 0.211. The minimum absolute atomic E-state index is 0.0770. The van der Waals surface area contributed by atoms with E-state index in [0.717, 1.165) is 29.8 Å². The van der Waals surface area contributed by atoms with Gasteiger partial charge in [0.25, 0.3) is 0 Å². The number of carbonyl (C=O) groups is 1. The number of ketones is 1. The normalized spacial score (nSPS) is 22.2. The molecule has 0 saturated carbocycles. The lowest BCUT2D eigenvalue weighted by molar-refractivity contribution is -0.0277. The molecule has 3 heteroatoms. The number of carbonyl (C=O) groups excluding carboxylic acids is 1. The van der Waals surface area contributed by atoms with Gasteiger partial charge in [-0.1, -0.05) is 17.7 Å². The van der Waals surface area contributed by atoms with E-state index in [1.165, 1.54) is 0 Å². The smallest absolute Gasteiger partial charge is 0.179 e. The number of rotatable bonds is 3. The summed E-state index contributed by atoms with van der Waals surface area (Å²) in [4.78, 5) is 14.9. The first-order valence-electron chi connectivity index (χ1n) is 6.96. The van der Waals surface area contributed by atoms with E-state index in [4.69, 9.17) is 4.74 Å². The van der Waals surface area contributed by atoms with Gasteiger partial charge in [-0.05, 0) is 39.3 Å². The summed E-state index contributed by atoms with van der Waals surface area (Å²) in [5, 5.41) is 0. The first-order valence-corrected chi connectivity index (χ1v) is 6.96. The molecule has 2 rings (SSSR count). The third kappa shape index (κ3) is 3.23. The fourth-order valence-electron chi connectivity index (χ4n) is 2.59. The van der Waals surface area contributed by atoms with Crippen LogP contribution in [0.5, 0.6) is 0 Å². The van der Waals surface area contributed by atoms with Crippen LogP contribution < -0.4 is 0 Å². The van der Waals surface area contributed by atoms with Crippen molar-refractivity contribution in [3.05, 3.63) is 34.9 Å². The Morgan fingerprint density at radius 3 is 2.84 bits per heavy atom. The number of hydrogen-bond donors (Lipinski definition) is 0. The lowest BCUT2D eigenvalue weighted by Crippen LogP contribution is -2.48. The Balaban J connectivity index is 2.16. The van der Waals surface area contributed by atoms with Crippen LogP contribution in [0.2, 0.25) is 0 Å². The fraction of sp³-hybridized carbons (Fsp3) is 0.562. The van der Waals surface area contributed by atoms with Crippen LogP contribution in [0.4, 0.5) is 0 Å². The van der Waals surface area contributed by atoms with Gasteiger partial charge in [0.1, 0.15) is 0 Å². The molecule has 0 radical (unpaired) electrons. The second-order valence-electron chi connectivity index (χ2n) is 5.53. The molecule has 1 fully saturated rings. The first-order chi connectivity index (χ1) is 8.99. The molecule has 1 aliphatic heterocycles. The predicted octanol–water partition coefficient (Wildman–Crippen LogP) is 2.60. The lowest BCUT2D eigenvalue weighted by Gasteiger charge is -2.35. The Morgan fingerprint density at radius 2 is 2.16 bits per heavy atom. The minimum atomic E-state index is -0.0770. The molecule has 0 bridgehead atoms. The first kappa shape index (κ1) is 14.2. The summed E-state index contributed by atoms with van der Waals surface area (Å²) in [5.74, 6) is 0.218. The van der Waals surface area contributed by atoms with Crippen molar-refractivity contribution < 1.29 is 9.53 Å². The number of aryl methyl sites for hydroxylation is 2. The van der Waals surface area contributed by atoms with E-state index >= 15 is 0 Å². The largest absolute Gasteiger partial charge is 0.376 e. The van der Waals surface area contributed by atoms with Crippen molar-refractivity contribution in [3.8, 4) is 0 Å². The topological polar surface area (TPSA) is 29.5 Å². The molecular weight excluding hydrogens is 238 g/mol. The average molecular weight is 261 g/mol. The summed E-state index contributed by atoms with van der Waals surface area (Å²) in [5.41, 5.74) is 3.05. The zero-order chi connectivity index (χ0) is 14.0. The molecule has 2 unspecified atom stereocenters. The van der Waals surface area contributed by atoms with Crippen LogP contribution in [0.1, 0.15) is 35.3 Å². The van der Waals surface area contributed by atoms with Crippen LogP contribution in [0, 0.1) is 13.8 Å². The molecule has 0 aliphatic carbocycles. The standard InChI is InChI=1S/C16H23NO2/c1-11-5-6-12(2)15(9-11)16(18)14(4)17-7-8-19-13(3)10-17/h5-6,9,13-14H,7-8,10H2,1-4H3. The molecule has 19 heavy (non-hydrogen) atoms. The van der Waals surface area contributed by atoms with E-state index in [1.807, 2.05) is 39.0 Å². The molecule has 1 aromatic carbocycles.